The minimum atomic E-state index is -0.709. The fourth-order valence-electron chi connectivity index (χ4n) is 2.99. The molecule has 5 heteroatoms. The molecule has 2 aromatic heterocycles. The first-order valence-corrected chi connectivity index (χ1v) is 9.58. The van der Waals surface area contributed by atoms with Crippen LogP contribution in [0.4, 0.5) is 0 Å². The summed E-state index contributed by atoms with van der Waals surface area (Å²) in [7, 11) is -0.709. The van der Waals surface area contributed by atoms with E-state index in [2.05, 4.69) is 95.1 Å². The molecule has 2 aliphatic rings. The van der Waals surface area contributed by atoms with Gasteiger partial charge in [0.2, 0.25) is 0 Å². The van der Waals surface area contributed by atoms with E-state index in [9.17, 15) is 0 Å². The zero-order chi connectivity index (χ0) is 16.5. The van der Waals surface area contributed by atoms with E-state index in [1.807, 2.05) is 0 Å². The van der Waals surface area contributed by atoms with Gasteiger partial charge in [-0.15, -0.1) is 0 Å². The van der Waals surface area contributed by atoms with Gasteiger partial charge in [-0.3, -0.25) is 0 Å². The normalized spacial score (nSPS) is 23.0. The van der Waals surface area contributed by atoms with Gasteiger partial charge in [-0.1, -0.05) is 26.0 Å². The van der Waals surface area contributed by atoms with Crippen LogP contribution in [0.3, 0.4) is 0 Å². The van der Waals surface area contributed by atoms with E-state index in [1.54, 1.807) is 0 Å². The lowest BCUT2D eigenvalue weighted by molar-refractivity contribution is 0.242. The van der Waals surface area contributed by atoms with E-state index in [0.717, 1.165) is 12.5 Å². The van der Waals surface area contributed by atoms with Crippen LogP contribution in [-0.4, -0.2) is 21.3 Å². The Morgan fingerprint density at radius 1 is 1.08 bits per heavy atom. The molecule has 24 heavy (non-hydrogen) atoms. The molecule has 1 atom stereocenters. The number of aromatic nitrogens is 2. The fraction of sp³-hybridized carbons (Fsp3) is 0.263. The molecule has 4 nitrogen and oxygen atoms in total. The summed E-state index contributed by atoms with van der Waals surface area (Å²) in [5.41, 5.74) is 1.17. The summed E-state index contributed by atoms with van der Waals surface area (Å²) in [6.07, 6.45) is 15.0. The van der Waals surface area contributed by atoms with Gasteiger partial charge < -0.3 is 18.7 Å². The zero-order valence-electron chi connectivity index (χ0n) is 14.0. The molecule has 0 aromatic carbocycles. The van der Waals surface area contributed by atoms with Crippen LogP contribution in [0.5, 0.6) is 0 Å². The summed E-state index contributed by atoms with van der Waals surface area (Å²) in [6, 6.07) is 8.69. The summed E-state index contributed by atoms with van der Waals surface area (Å²) in [6.45, 7) is 5.19. The van der Waals surface area contributed by atoms with Crippen LogP contribution in [0, 0.1) is 5.92 Å². The number of allylic oxidation sites excluding steroid dienone is 5. The predicted molar refractivity (Wildman–Crippen MR) is 98.5 cm³/mol. The standard InChI is InChI=1S/C19H22N3OP/c1-15(2)17-14-23-19(20-17)16-8-7-9-18(16)24(21-10-3-4-11-21)22-12-5-6-13-22/h3-13,15,17,20H,14H2,1-2H3/t17-/m1/s1. The van der Waals surface area contributed by atoms with Gasteiger partial charge in [0.1, 0.15) is 14.8 Å². The van der Waals surface area contributed by atoms with Crippen molar-refractivity contribution in [1.82, 2.24) is 14.0 Å². The van der Waals surface area contributed by atoms with Crippen molar-refractivity contribution in [2.45, 2.75) is 19.9 Å². The molecule has 0 unspecified atom stereocenters. The molecule has 1 saturated heterocycles. The maximum absolute atomic E-state index is 5.99. The molecular formula is C19H22N3OP. The van der Waals surface area contributed by atoms with Gasteiger partial charge >= 0.3 is 0 Å². The average Bonchev–Trinajstić information content (AvgIpc) is 3.37. The van der Waals surface area contributed by atoms with Gasteiger partial charge in [0.25, 0.3) is 0 Å². The van der Waals surface area contributed by atoms with Crippen molar-refractivity contribution in [1.29, 1.82) is 0 Å². The first kappa shape index (κ1) is 15.3. The second-order valence-corrected chi connectivity index (χ2v) is 8.36. The highest BCUT2D eigenvalue weighted by Gasteiger charge is 2.30. The molecule has 0 saturated carbocycles. The maximum Gasteiger partial charge on any atom is 0.195 e. The Kier molecular flexibility index (Phi) is 4.07. The summed E-state index contributed by atoms with van der Waals surface area (Å²) in [5.74, 6) is 1.47. The number of rotatable bonds is 4. The summed E-state index contributed by atoms with van der Waals surface area (Å²) in [5, 5.41) is 4.86. The van der Waals surface area contributed by atoms with Crippen LogP contribution in [0.1, 0.15) is 13.8 Å². The fourth-order valence-corrected chi connectivity index (χ4v) is 5.15. The van der Waals surface area contributed by atoms with Crippen molar-refractivity contribution in [3.8, 4) is 0 Å². The van der Waals surface area contributed by atoms with Crippen LogP contribution in [0.15, 0.2) is 84.1 Å². The van der Waals surface area contributed by atoms with Gasteiger partial charge in [-0.2, -0.15) is 0 Å². The Labute approximate surface area is 144 Å². The van der Waals surface area contributed by atoms with Gasteiger partial charge in [-0.25, -0.2) is 0 Å². The Morgan fingerprint density at radius 2 is 1.71 bits per heavy atom. The van der Waals surface area contributed by atoms with Crippen molar-refractivity contribution in [3.63, 3.8) is 0 Å². The highest BCUT2D eigenvalue weighted by atomic mass is 31.1. The SMILES string of the molecule is CC(C)[C@H]1COC(=C2C=CC=C2P(n2cccc2)n2cccc2)N1. The lowest BCUT2D eigenvalue weighted by Crippen LogP contribution is -2.28. The van der Waals surface area contributed by atoms with E-state index in [4.69, 9.17) is 4.74 Å². The minimum Gasteiger partial charge on any atom is -0.477 e. The third kappa shape index (κ3) is 2.71. The van der Waals surface area contributed by atoms with Crippen molar-refractivity contribution < 1.29 is 4.74 Å². The van der Waals surface area contributed by atoms with E-state index in [0.29, 0.717) is 12.0 Å². The number of nitrogens with zero attached hydrogens (tertiary/aromatic N) is 2. The van der Waals surface area contributed by atoms with Gasteiger partial charge in [0, 0.05) is 35.7 Å². The molecule has 124 valence electrons. The number of nitrogens with one attached hydrogen (secondary N) is 1. The number of hydrogen-bond donors (Lipinski definition) is 1. The monoisotopic (exact) mass is 339 g/mol. The summed E-state index contributed by atoms with van der Waals surface area (Å²) >= 11 is 0. The van der Waals surface area contributed by atoms with Gasteiger partial charge in [0.15, 0.2) is 5.88 Å². The van der Waals surface area contributed by atoms with E-state index < -0.39 is 8.22 Å². The molecule has 0 amide bonds. The van der Waals surface area contributed by atoms with Crippen LogP contribution >= 0.6 is 8.22 Å². The van der Waals surface area contributed by atoms with Crippen molar-refractivity contribution >= 4 is 8.22 Å². The predicted octanol–water partition coefficient (Wildman–Crippen LogP) is 4.31. The molecule has 0 spiro atoms. The second kappa shape index (κ2) is 6.37. The lowest BCUT2D eigenvalue weighted by Gasteiger charge is -2.23. The first-order chi connectivity index (χ1) is 11.7. The summed E-state index contributed by atoms with van der Waals surface area (Å²) < 4.78 is 10.6. The maximum atomic E-state index is 5.99. The summed E-state index contributed by atoms with van der Waals surface area (Å²) in [4.78, 5) is 0. The molecule has 4 rings (SSSR count). The van der Waals surface area contributed by atoms with Crippen LogP contribution in [-0.2, 0) is 4.74 Å². The van der Waals surface area contributed by atoms with Crippen LogP contribution in [0.2, 0.25) is 0 Å². The second-order valence-electron chi connectivity index (χ2n) is 6.38. The largest absolute Gasteiger partial charge is 0.477 e. The van der Waals surface area contributed by atoms with E-state index in [1.165, 1.54) is 10.9 Å². The molecule has 0 bridgehead atoms. The van der Waals surface area contributed by atoms with Crippen LogP contribution in [0.25, 0.3) is 0 Å². The minimum absolute atomic E-state index is 0.382. The van der Waals surface area contributed by atoms with E-state index >= 15 is 0 Å². The molecule has 1 aliphatic carbocycles. The molecule has 3 heterocycles. The number of ether oxygens (including phenoxy) is 1. The van der Waals surface area contributed by atoms with Gasteiger partial charge in [0.05, 0.1) is 6.04 Å². The van der Waals surface area contributed by atoms with E-state index in [-0.39, 0.29) is 0 Å². The topological polar surface area (TPSA) is 31.1 Å². The van der Waals surface area contributed by atoms with Crippen molar-refractivity contribution in [3.05, 3.63) is 84.1 Å². The van der Waals surface area contributed by atoms with Gasteiger partial charge in [-0.05, 0) is 36.3 Å². The van der Waals surface area contributed by atoms with Crippen molar-refractivity contribution in [2.75, 3.05) is 6.61 Å². The third-order valence-corrected chi connectivity index (χ3v) is 6.63. The first-order valence-electron chi connectivity index (χ1n) is 8.33. The highest BCUT2D eigenvalue weighted by molar-refractivity contribution is 7.59. The quantitative estimate of drug-likeness (QED) is 0.842. The Morgan fingerprint density at radius 3 is 2.25 bits per heavy atom. The smallest absolute Gasteiger partial charge is 0.195 e. The van der Waals surface area contributed by atoms with Crippen LogP contribution < -0.4 is 5.32 Å². The lowest BCUT2D eigenvalue weighted by atomic mass is 10.1. The average molecular weight is 339 g/mol. The zero-order valence-corrected chi connectivity index (χ0v) is 14.9. The Hall–Kier alpha value is -2.19. The molecule has 1 aliphatic heterocycles. The molecule has 2 aromatic rings. The molecular weight excluding hydrogens is 317 g/mol. The molecule has 1 fully saturated rings. The Balaban J connectivity index is 1.72. The Bertz CT molecular complexity index is 750. The highest BCUT2D eigenvalue weighted by Crippen LogP contribution is 2.53. The number of hydrogen-bond acceptors (Lipinski definition) is 2. The third-order valence-electron chi connectivity index (χ3n) is 4.40. The molecule has 1 N–H and O–H groups in total. The van der Waals surface area contributed by atoms with Crippen molar-refractivity contribution in [2.24, 2.45) is 5.92 Å². The molecule has 0 radical (unpaired) electrons.